The molecule has 1 saturated heterocycles. The third-order valence-corrected chi connectivity index (χ3v) is 9.13. The van der Waals surface area contributed by atoms with Crippen molar-refractivity contribution in [1.29, 1.82) is 0 Å². The molecule has 3 rings (SSSR count). The standard InChI is InChI=1S/C26H36Cl2F3N3O6/c1-12(35)18(36)15(10-13-8-7-9-13)32-20(37)17-16-14(25(16,27)28)11-34(17)21(38)19(23(2,3)4)33-22(39)40-24(5,6)26(29,30)31/h13-17,19H,7-11H2,1-6H3,(H,32,37)(H,33,39)/t14-,15?,16-,17-,19+/m0/s1. The van der Waals surface area contributed by atoms with E-state index in [1.54, 1.807) is 20.8 Å². The Hall–Kier alpha value is -2.08. The summed E-state index contributed by atoms with van der Waals surface area (Å²) in [5.41, 5.74) is -3.83. The van der Waals surface area contributed by atoms with Crippen molar-refractivity contribution in [1.82, 2.24) is 15.5 Å². The van der Waals surface area contributed by atoms with E-state index < -0.39 is 81.0 Å². The minimum absolute atomic E-state index is 0.0557. The summed E-state index contributed by atoms with van der Waals surface area (Å²) in [6, 6.07) is -3.70. The van der Waals surface area contributed by atoms with E-state index in [9.17, 15) is 37.1 Å². The predicted molar refractivity (Wildman–Crippen MR) is 139 cm³/mol. The van der Waals surface area contributed by atoms with Crippen LogP contribution in [-0.4, -0.2) is 75.2 Å². The SMILES string of the molecule is CC(=O)C(=O)C(CC1CCC1)NC(=O)[C@@H]1[C@@H]2[C@H](CN1C(=O)[C@@H](NC(=O)OC(C)(C)C(F)(F)F)C(C)(C)C)C2(Cl)Cl. The third-order valence-electron chi connectivity index (χ3n) is 8.06. The van der Waals surface area contributed by atoms with E-state index in [2.05, 4.69) is 15.4 Å². The average molecular weight is 614 g/mol. The number of amides is 3. The van der Waals surface area contributed by atoms with Crippen molar-refractivity contribution in [3.05, 3.63) is 0 Å². The number of hydrogen-bond acceptors (Lipinski definition) is 6. The second-order valence-corrected chi connectivity index (χ2v) is 14.0. The Morgan fingerprint density at radius 2 is 1.60 bits per heavy atom. The number of carbonyl (C=O) groups is 5. The maximum Gasteiger partial charge on any atom is 0.427 e. The Kier molecular flexibility index (Phi) is 8.89. The highest BCUT2D eigenvalue weighted by atomic mass is 35.5. The number of likely N-dealkylation sites (tertiary alicyclic amines) is 1. The molecule has 0 aromatic rings. The van der Waals surface area contributed by atoms with Gasteiger partial charge in [-0.05, 0) is 31.6 Å². The van der Waals surface area contributed by atoms with Gasteiger partial charge in [-0.1, -0.05) is 40.0 Å². The fraction of sp³-hybridized carbons (Fsp3) is 0.808. The van der Waals surface area contributed by atoms with Gasteiger partial charge < -0.3 is 20.3 Å². The highest BCUT2D eigenvalue weighted by molar-refractivity contribution is 6.51. The first-order chi connectivity index (χ1) is 18.1. The molecule has 3 amide bonds. The zero-order valence-electron chi connectivity index (χ0n) is 23.3. The number of ketones is 2. The Morgan fingerprint density at radius 1 is 1.02 bits per heavy atom. The van der Waals surface area contributed by atoms with Crippen LogP contribution in [-0.2, 0) is 23.9 Å². The number of nitrogens with one attached hydrogen (secondary N) is 2. The highest BCUT2D eigenvalue weighted by Crippen LogP contribution is 2.65. The van der Waals surface area contributed by atoms with Gasteiger partial charge in [-0.3, -0.25) is 19.2 Å². The van der Waals surface area contributed by atoms with E-state index in [1.165, 1.54) is 4.90 Å². The summed E-state index contributed by atoms with van der Waals surface area (Å²) in [6.45, 7) is 7.18. The van der Waals surface area contributed by atoms with E-state index in [-0.39, 0.29) is 18.9 Å². The Labute approximate surface area is 241 Å². The number of hydrogen-bond donors (Lipinski definition) is 2. The van der Waals surface area contributed by atoms with Crippen molar-refractivity contribution in [3.8, 4) is 0 Å². The molecule has 0 bridgehead atoms. The van der Waals surface area contributed by atoms with Crippen LogP contribution in [0.5, 0.6) is 0 Å². The number of alkyl halides is 5. The molecule has 2 aliphatic carbocycles. The molecular formula is C26H36Cl2F3N3O6. The minimum Gasteiger partial charge on any atom is -0.434 e. The number of alkyl carbamates (subject to hydrolysis) is 1. The average Bonchev–Trinajstić information content (AvgIpc) is 3.10. The van der Waals surface area contributed by atoms with E-state index in [1.807, 2.05) is 0 Å². The van der Waals surface area contributed by atoms with Crippen molar-refractivity contribution in [2.24, 2.45) is 23.2 Å². The van der Waals surface area contributed by atoms with Crippen molar-refractivity contribution < 1.29 is 41.9 Å². The normalized spacial score (nSPS) is 25.7. The first-order valence-electron chi connectivity index (χ1n) is 13.2. The largest absolute Gasteiger partial charge is 0.434 e. The number of rotatable bonds is 9. The molecule has 0 aromatic heterocycles. The zero-order chi connectivity index (χ0) is 30.6. The van der Waals surface area contributed by atoms with Crippen LogP contribution in [0.2, 0.25) is 0 Å². The second-order valence-electron chi connectivity index (χ2n) is 12.6. The maximum absolute atomic E-state index is 13.8. The van der Waals surface area contributed by atoms with Crippen LogP contribution in [0.15, 0.2) is 0 Å². The van der Waals surface area contributed by atoms with Crippen molar-refractivity contribution in [2.45, 2.75) is 101 Å². The van der Waals surface area contributed by atoms with Crippen molar-refractivity contribution in [2.75, 3.05) is 6.54 Å². The molecule has 226 valence electrons. The molecule has 1 heterocycles. The first kappa shape index (κ1) is 32.4. The number of ether oxygens (including phenoxy) is 1. The molecule has 1 aliphatic heterocycles. The molecule has 1 unspecified atom stereocenters. The molecule has 2 saturated carbocycles. The van der Waals surface area contributed by atoms with Gasteiger partial charge in [-0.25, -0.2) is 4.79 Å². The van der Waals surface area contributed by atoms with Gasteiger partial charge in [0.25, 0.3) is 0 Å². The predicted octanol–water partition coefficient (Wildman–Crippen LogP) is 3.93. The van der Waals surface area contributed by atoms with Crippen LogP contribution in [0, 0.1) is 23.2 Å². The van der Waals surface area contributed by atoms with Crippen LogP contribution in [0.4, 0.5) is 18.0 Å². The molecule has 0 spiro atoms. The smallest absolute Gasteiger partial charge is 0.427 e. The Bertz CT molecular complexity index is 1070. The molecule has 3 fully saturated rings. The van der Waals surface area contributed by atoms with E-state index in [0.29, 0.717) is 13.8 Å². The molecular weight excluding hydrogens is 578 g/mol. The molecule has 14 heteroatoms. The van der Waals surface area contributed by atoms with Gasteiger partial charge in [0.05, 0.1) is 6.04 Å². The van der Waals surface area contributed by atoms with Crippen molar-refractivity contribution >= 4 is 52.7 Å². The molecule has 9 nitrogen and oxygen atoms in total. The van der Waals surface area contributed by atoms with Gasteiger partial charge in [0.1, 0.15) is 16.4 Å². The van der Waals surface area contributed by atoms with Crippen LogP contribution in [0.25, 0.3) is 0 Å². The van der Waals surface area contributed by atoms with Crippen molar-refractivity contribution in [3.63, 3.8) is 0 Å². The summed E-state index contributed by atoms with van der Waals surface area (Å²) < 4.78 is 43.0. The molecule has 3 aliphatic rings. The van der Waals surface area contributed by atoms with Gasteiger partial charge >= 0.3 is 12.3 Å². The van der Waals surface area contributed by atoms with Gasteiger partial charge in [0.15, 0.2) is 5.78 Å². The molecule has 2 N–H and O–H groups in total. The Morgan fingerprint density at radius 3 is 2.05 bits per heavy atom. The molecule has 0 aromatic carbocycles. The first-order valence-corrected chi connectivity index (χ1v) is 13.9. The lowest BCUT2D eigenvalue weighted by Crippen LogP contribution is -2.61. The number of halogens is 5. The lowest BCUT2D eigenvalue weighted by atomic mass is 9.80. The van der Waals surface area contributed by atoms with Gasteiger partial charge in [-0.15, -0.1) is 23.2 Å². The van der Waals surface area contributed by atoms with Crippen LogP contribution >= 0.6 is 23.2 Å². The van der Waals surface area contributed by atoms with Crippen LogP contribution < -0.4 is 10.6 Å². The molecule has 0 radical (unpaired) electrons. The summed E-state index contributed by atoms with van der Waals surface area (Å²) in [5.74, 6) is -3.94. The zero-order valence-corrected chi connectivity index (χ0v) is 24.8. The maximum atomic E-state index is 13.8. The molecule has 40 heavy (non-hydrogen) atoms. The molecule has 5 atom stereocenters. The van der Waals surface area contributed by atoms with Gasteiger partial charge in [0.2, 0.25) is 23.2 Å². The van der Waals surface area contributed by atoms with E-state index >= 15 is 0 Å². The summed E-state index contributed by atoms with van der Waals surface area (Å²) in [6.07, 6.45) is -3.33. The van der Waals surface area contributed by atoms with E-state index in [4.69, 9.17) is 23.2 Å². The monoisotopic (exact) mass is 613 g/mol. The number of Topliss-reactive ketones (excluding diaryl/α,β-unsaturated/α-hetero) is 2. The third kappa shape index (κ3) is 6.53. The summed E-state index contributed by atoms with van der Waals surface area (Å²) >= 11 is 12.8. The summed E-state index contributed by atoms with van der Waals surface area (Å²) in [5, 5.41) is 4.87. The second kappa shape index (κ2) is 11.0. The number of fused-ring (bicyclic) bond motifs is 1. The summed E-state index contributed by atoms with van der Waals surface area (Å²) in [7, 11) is 0. The van der Waals surface area contributed by atoms with Gasteiger partial charge in [-0.2, -0.15) is 13.2 Å². The minimum atomic E-state index is -4.86. The van der Waals surface area contributed by atoms with Gasteiger partial charge in [0, 0.05) is 25.3 Å². The highest BCUT2D eigenvalue weighted by Gasteiger charge is 2.74. The summed E-state index contributed by atoms with van der Waals surface area (Å²) in [4.78, 5) is 65.5. The lowest BCUT2D eigenvalue weighted by molar-refractivity contribution is -0.244. The number of piperidine rings is 1. The number of nitrogens with zero attached hydrogens (tertiary/aromatic N) is 1. The van der Waals surface area contributed by atoms with Crippen LogP contribution in [0.1, 0.15) is 67.2 Å². The topological polar surface area (TPSA) is 122 Å². The Balaban J connectivity index is 1.83. The van der Waals surface area contributed by atoms with E-state index in [0.717, 1.165) is 26.2 Å². The fourth-order valence-electron chi connectivity index (χ4n) is 5.18. The number of carbonyl (C=O) groups excluding carboxylic acids is 5. The fourth-order valence-corrected chi connectivity index (χ4v) is 6.01. The lowest BCUT2D eigenvalue weighted by Gasteiger charge is -2.38. The quantitative estimate of drug-likeness (QED) is 0.300. The van der Waals surface area contributed by atoms with Crippen LogP contribution in [0.3, 0.4) is 0 Å².